The van der Waals surface area contributed by atoms with Crippen molar-refractivity contribution >= 4 is 35.1 Å². The van der Waals surface area contributed by atoms with E-state index in [0.717, 1.165) is 21.8 Å². The quantitative estimate of drug-likeness (QED) is 0.609. The average molecular weight is 399 g/mol. The Morgan fingerprint density at radius 3 is 2.70 bits per heavy atom. The summed E-state index contributed by atoms with van der Waals surface area (Å²) in [6.45, 7) is 6.01. The first-order valence-corrected chi connectivity index (χ1v) is 10.7. The maximum atomic E-state index is 12.7. The number of hydrogen-bond acceptors (Lipinski definition) is 5. The molecule has 0 aliphatic carbocycles. The van der Waals surface area contributed by atoms with E-state index in [1.165, 1.54) is 17.3 Å². The molecule has 0 saturated carbocycles. The molecule has 0 radical (unpaired) electrons. The number of rotatable bonds is 6. The van der Waals surface area contributed by atoms with E-state index >= 15 is 0 Å². The van der Waals surface area contributed by atoms with Crippen LogP contribution in [0.4, 0.5) is 5.69 Å². The monoisotopic (exact) mass is 398 g/mol. The summed E-state index contributed by atoms with van der Waals surface area (Å²) in [6, 6.07) is 14.0. The number of hydrogen-bond donors (Lipinski definition) is 1. The molecule has 140 valence electrons. The molecule has 0 bridgehead atoms. The van der Waals surface area contributed by atoms with Crippen LogP contribution in [0.3, 0.4) is 0 Å². The van der Waals surface area contributed by atoms with Gasteiger partial charge in [0.05, 0.1) is 16.6 Å². The van der Waals surface area contributed by atoms with Gasteiger partial charge in [0.15, 0.2) is 5.16 Å². The molecule has 0 fully saturated rings. The van der Waals surface area contributed by atoms with Crippen molar-refractivity contribution in [2.24, 2.45) is 0 Å². The highest BCUT2D eigenvalue weighted by Gasteiger charge is 2.20. The van der Waals surface area contributed by atoms with Crippen LogP contribution in [0.5, 0.6) is 0 Å². The van der Waals surface area contributed by atoms with E-state index in [4.69, 9.17) is 0 Å². The first-order chi connectivity index (χ1) is 13.0. The number of aromatic nitrogens is 3. The molecule has 1 amide bonds. The molecule has 5 nitrogen and oxygen atoms in total. The van der Waals surface area contributed by atoms with Crippen molar-refractivity contribution in [1.29, 1.82) is 0 Å². The Morgan fingerprint density at radius 2 is 1.96 bits per heavy atom. The third kappa shape index (κ3) is 4.54. The van der Waals surface area contributed by atoms with Crippen LogP contribution in [0.1, 0.15) is 18.1 Å². The molecule has 1 atom stereocenters. The predicted molar refractivity (Wildman–Crippen MR) is 113 cm³/mol. The van der Waals surface area contributed by atoms with Crippen LogP contribution < -0.4 is 5.32 Å². The number of thioether (sulfide) groups is 2. The third-order valence-electron chi connectivity index (χ3n) is 4.14. The molecule has 1 unspecified atom stereocenters. The summed E-state index contributed by atoms with van der Waals surface area (Å²) < 4.78 is 1.93. The van der Waals surface area contributed by atoms with Crippen molar-refractivity contribution in [2.45, 2.75) is 36.1 Å². The Labute approximate surface area is 168 Å². The molecule has 0 aliphatic rings. The van der Waals surface area contributed by atoms with Crippen molar-refractivity contribution in [3.8, 4) is 5.69 Å². The van der Waals surface area contributed by atoms with Gasteiger partial charge in [-0.05, 0) is 50.8 Å². The molecule has 0 saturated heterocycles. The van der Waals surface area contributed by atoms with E-state index < -0.39 is 0 Å². The van der Waals surface area contributed by atoms with Crippen molar-refractivity contribution in [1.82, 2.24) is 14.8 Å². The molecule has 3 rings (SSSR count). The van der Waals surface area contributed by atoms with Crippen LogP contribution in [-0.2, 0) is 4.79 Å². The third-order valence-corrected chi connectivity index (χ3v) is 6.00. The van der Waals surface area contributed by atoms with Gasteiger partial charge in [0, 0.05) is 4.90 Å². The summed E-state index contributed by atoms with van der Waals surface area (Å²) in [5.41, 5.74) is 4.20. The van der Waals surface area contributed by atoms with Crippen LogP contribution in [0.15, 0.2) is 58.8 Å². The van der Waals surface area contributed by atoms with Crippen LogP contribution in [-0.4, -0.2) is 32.2 Å². The summed E-state index contributed by atoms with van der Waals surface area (Å²) >= 11 is 3.00. The Hall–Kier alpha value is -2.25. The van der Waals surface area contributed by atoms with E-state index in [9.17, 15) is 4.79 Å². The summed E-state index contributed by atoms with van der Waals surface area (Å²) in [4.78, 5) is 13.7. The van der Waals surface area contributed by atoms with Crippen LogP contribution in [0.25, 0.3) is 5.69 Å². The molecule has 2 aromatic carbocycles. The van der Waals surface area contributed by atoms with Gasteiger partial charge in [0.25, 0.3) is 0 Å². The van der Waals surface area contributed by atoms with Crippen molar-refractivity contribution < 1.29 is 4.79 Å². The standard InChI is InChI=1S/C20H22N4OS2/c1-13-9-10-17(14(2)11-13)24-12-21-23-20(24)27-15(3)19(25)22-16-7-5-6-8-18(16)26-4/h5-12,15H,1-4H3,(H,22,25). The number of benzene rings is 2. The molecule has 1 N–H and O–H groups in total. The van der Waals surface area contributed by atoms with Crippen LogP contribution in [0.2, 0.25) is 0 Å². The summed E-state index contributed by atoms with van der Waals surface area (Å²) in [7, 11) is 0. The van der Waals surface area contributed by atoms with Gasteiger partial charge in [-0.2, -0.15) is 0 Å². The number of anilines is 1. The van der Waals surface area contributed by atoms with E-state index in [2.05, 4.69) is 47.6 Å². The summed E-state index contributed by atoms with van der Waals surface area (Å²) in [5.74, 6) is -0.0586. The average Bonchev–Trinajstić information content (AvgIpc) is 3.10. The Kier molecular flexibility index (Phi) is 6.23. The minimum atomic E-state index is -0.311. The molecule has 1 heterocycles. The second-order valence-electron chi connectivity index (χ2n) is 6.22. The normalized spacial score (nSPS) is 12.0. The zero-order chi connectivity index (χ0) is 19.4. The first kappa shape index (κ1) is 19.5. The molecule has 0 aliphatic heterocycles. The second kappa shape index (κ2) is 8.63. The van der Waals surface area contributed by atoms with Gasteiger partial charge in [0.1, 0.15) is 6.33 Å². The number of carbonyl (C=O) groups is 1. The number of carbonyl (C=O) groups excluding carboxylic acids is 1. The number of amides is 1. The minimum absolute atomic E-state index is 0.0586. The maximum Gasteiger partial charge on any atom is 0.237 e. The topological polar surface area (TPSA) is 59.8 Å². The lowest BCUT2D eigenvalue weighted by Gasteiger charge is -2.15. The Morgan fingerprint density at radius 1 is 1.19 bits per heavy atom. The Bertz CT molecular complexity index is 955. The highest BCUT2D eigenvalue weighted by atomic mass is 32.2. The molecule has 1 aromatic heterocycles. The van der Waals surface area contributed by atoms with Gasteiger partial charge < -0.3 is 5.32 Å². The summed E-state index contributed by atoms with van der Waals surface area (Å²) in [5, 5.41) is 11.7. The van der Waals surface area contributed by atoms with E-state index in [1.54, 1.807) is 18.1 Å². The second-order valence-corrected chi connectivity index (χ2v) is 8.38. The van der Waals surface area contributed by atoms with Crippen molar-refractivity contribution in [3.05, 3.63) is 59.9 Å². The molecular weight excluding hydrogens is 376 g/mol. The predicted octanol–water partition coefficient (Wildman–Crippen LogP) is 4.73. The summed E-state index contributed by atoms with van der Waals surface area (Å²) in [6.07, 6.45) is 3.68. The molecule has 27 heavy (non-hydrogen) atoms. The smallest absolute Gasteiger partial charge is 0.237 e. The largest absolute Gasteiger partial charge is 0.324 e. The van der Waals surface area contributed by atoms with Crippen molar-refractivity contribution in [3.63, 3.8) is 0 Å². The van der Waals surface area contributed by atoms with E-state index in [1.807, 2.05) is 42.0 Å². The lowest BCUT2D eigenvalue weighted by Crippen LogP contribution is -2.23. The van der Waals surface area contributed by atoms with Crippen LogP contribution in [0, 0.1) is 13.8 Å². The van der Waals surface area contributed by atoms with E-state index in [-0.39, 0.29) is 11.2 Å². The molecule has 7 heteroatoms. The maximum absolute atomic E-state index is 12.7. The zero-order valence-corrected chi connectivity index (χ0v) is 17.4. The molecular formula is C20H22N4OS2. The van der Waals surface area contributed by atoms with Gasteiger partial charge in [-0.15, -0.1) is 22.0 Å². The van der Waals surface area contributed by atoms with E-state index in [0.29, 0.717) is 5.16 Å². The highest BCUT2D eigenvalue weighted by molar-refractivity contribution is 8.00. The van der Waals surface area contributed by atoms with Crippen molar-refractivity contribution in [2.75, 3.05) is 11.6 Å². The molecule has 3 aromatic rings. The SMILES string of the molecule is CSc1ccccc1NC(=O)C(C)Sc1nncn1-c1ccc(C)cc1C. The van der Waals surface area contributed by atoms with Gasteiger partial charge >= 0.3 is 0 Å². The fourth-order valence-corrected chi connectivity index (χ4v) is 4.13. The highest BCUT2D eigenvalue weighted by Crippen LogP contribution is 2.28. The van der Waals surface area contributed by atoms with Gasteiger partial charge in [-0.3, -0.25) is 9.36 Å². The fourth-order valence-electron chi connectivity index (χ4n) is 2.74. The lowest BCUT2D eigenvalue weighted by molar-refractivity contribution is -0.115. The fraction of sp³-hybridized carbons (Fsp3) is 0.250. The number of para-hydroxylation sites is 1. The van der Waals surface area contributed by atoms with Gasteiger partial charge in [-0.25, -0.2) is 0 Å². The number of aryl methyl sites for hydroxylation is 2. The molecule has 0 spiro atoms. The van der Waals surface area contributed by atoms with Crippen LogP contribution >= 0.6 is 23.5 Å². The first-order valence-electron chi connectivity index (χ1n) is 8.57. The number of nitrogens with one attached hydrogen (secondary N) is 1. The van der Waals surface area contributed by atoms with Gasteiger partial charge in [-0.1, -0.05) is 41.6 Å². The lowest BCUT2D eigenvalue weighted by atomic mass is 10.1. The minimum Gasteiger partial charge on any atom is -0.324 e. The zero-order valence-electron chi connectivity index (χ0n) is 15.8. The Balaban J connectivity index is 1.76. The number of nitrogens with zero attached hydrogens (tertiary/aromatic N) is 3. The van der Waals surface area contributed by atoms with Gasteiger partial charge in [0.2, 0.25) is 5.91 Å².